The minimum atomic E-state index is -4.70. The molecule has 2 aromatic rings. The molecule has 1 atom stereocenters. The predicted molar refractivity (Wildman–Crippen MR) is 145 cm³/mol. The van der Waals surface area contributed by atoms with Gasteiger partial charge in [-0.3, -0.25) is 14.9 Å². The Balaban J connectivity index is 1.77. The largest absolute Gasteiger partial charge is 0.461 e. The standard InChI is InChI=1S/C27H33F3N4O4S/c1-15(2)12-21(25(36)38-17-7-3-4-8-17)33-11-5-6-16-9-10-18(20(13-16)27(28,29)30)22-14-19(23(31)35)24(39-22)34-26(32)37/h5-6,9-10,13-15,17,21,33H,3-4,7-8,11-12H2,1-2H3,(H2,31,35)(H3,32,34,37)/b6-5+/t21-/m0/s1. The van der Waals surface area contributed by atoms with Gasteiger partial charge >= 0.3 is 18.2 Å². The fraction of sp³-hybridized carbons (Fsp3) is 0.444. The van der Waals surface area contributed by atoms with Crippen molar-refractivity contribution in [3.8, 4) is 10.4 Å². The molecule has 39 heavy (non-hydrogen) atoms. The van der Waals surface area contributed by atoms with E-state index in [0.717, 1.165) is 43.1 Å². The van der Waals surface area contributed by atoms with Crippen LogP contribution in [0.15, 0.2) is 30.3 Å². The van der Waals surface area contributed by atoms with Gasteiger partial charge in [0.2, 0.25) is 0 Å². The first-order valence-corrected chi connectivity index (χ1v) is 13.5. The Morgan fingerprint density at radius 3 is 2.44 bits per heavy atom. The van der Waals surface area contributed by atoms with Crippen LogP contribution < -0.4 is 22.1 Å². The highest BCUT2D eigenvalue weighted by atomic mass is 32.1. The van der Waals surface area contributed by atoms with Crippen molar-refractivity contribution in [3.63, 3.8) is 0 Å². The van der Waals surface area contributed by atoms with Crippen LogP contribution in [-0.2, 0) is 15.7 Å². The number of alkyl halides is 3. The van der Waals surface area contributed by atoms with E-state index in [1.165, 1.54) is 24.3 Å². The van der Waals surface area contributed by atoms with E-state index in [1.54, 1.807) is 6.08 Å². The maximum Gasteiger partial charge on any atom is 0.417 e. The van der Waals surface area contributed by atoms with Crippen LogP contribution in [0, 0.1) is 5.92 Å². The average Bonchev–Trinajstić information content (AvgIpc) is 3.49. The van der Waals surface area contributed by atoms with Crippen LogP contribution in [0.4, 0.5) is 23.0 Å². The van der Waals surface area contributed by atoms with Gasteiger partial charge in [-0.25, -0.2) is 4.79 Å². The quantitative estimate of drug-likeness (QED) is 0.265. The number of ether oxygens (including phenoxy) is 1. The first kappa shape index (κ1) is 30.2. The highest BCUT2D eigenvalue weighted by molar-refractivity contribution is 7.20. The first-order valence-electron chi connectivity index (χ1n) is 12.7. The Kier molecular flexibility index (Phi) is 10.1. The summed E-state index contributed by atoms with van der Waals surface area (Å²) in [4.78, 5) is 35.7. The first-order chi connectivity index (χ1) is 18.3. The number of urea groups is 1. The molecular weight excluding hydrogens is 533 g/mol. The molecule has 1 aromatic carbocycles. The van der Waals surface area contributed by atoms with E-state index in [4.69, 9.17) is 16.2 Å². The lowest BCUT2D eigenvalue weighted by atomic mass is 10.0. The zero-order valence-corrected chi connectivity index (χ0v) is 22.6. The third-order valence-electron chi connectivity index (χ3n) is 6.22. The van der Waals surface area contributed by atoms with Crippen molar-refractivity contribution in [2.75, 3.05) is 11.9 Å². The number of hydrogen-bond acceptors (Lipinski definition) is 6. The molecule has 1 heterocycles. The summed E-state index contributed by atoms with van der Waals surface area (Å²) >= 11 is 0.764. The third-order valence-corrected chi connectivity index (χ3v) is 7.30. The molecule has 1 aliphatic rings. The zero-order valence-electron chi connectivity index (χ0n) is 21.8. The van der Waals surface area contributed by atoms with Crippen LogP contribution in [0.3, 0.4) is 0 Å². The van der Waals surface area contributed by atoms with Gasteiger partial charge in [-0.2, -0.15) is 13.2 Å². The summed E-state index contributed by atoms with van der Waals surface area (Å²) in [5.41, 5.74) is 9.48. The number of halogens is 3. The Hall–Kier alpha value is -3.38. The minimum absolute atomic E-state index is 0.0319. The monoisotopic (exact) mass is 566 g/mol. The lowest BCUT2D eigenvalue weighted by molar-refractivity contribution is -0.151. The molecule has 1 fully saturated rings. The van der Waals surface area contributed by atoms with Crippen LogP contribution in [0.1, 0.15) is 67.4 Å². The lowest BCUT2D eigenvalue weighted by Crippen LogP contribution is -2.40. The van der Waals surface area contributed by atoms with Crippen LogP contribution >= 0.6 is 11.3 Å². The van der Waals surface area contributed by atoms with Gasteiger partial charge in [0.15, 0.2) is 0 Å². The number of primary amides is 2. The lowest BCUT2D eigenvalue weighted by Gasteiger charge is -2.21. The Bertz CT molecular complexity index is 1220. The second-order valence-corrected chi connectivity index (χ2v) is 10.9. The third kappa shape index (κ3) is 8.56. The van der Waals surface area contributed by atoms with E-state index >= 15 is 0 Å². The number of nitrogens with one attached hydrogen (secondary N) is 2. The molecule has 3 rings (SSSR count). The van der Waals surface area contributed by atoms with Crippen molar-refractivity contribution < 1.29 is 32.3 Å². The molecule has 0 aliphatic heterocycles. The number of rotatable bonds is 11. The summed E-state index contributed by atoms with van der Waals surface area (Å²) in [5.74, 6) is -0.968. The molecule has 1 saturated carbocycles. The highest BCUT2D eigenvalue weighted by Gasteiger charge is 2.35. The summed E-state index contributed by atoms with van der Waals surface area (Å²) in [6.07, 6.45) is 2.85. The second-order valence-electron chi connectivity index (χ2n) is 9.85. The van der Waals surface area contributed by atoms with E-state index in [0.29, 0.717) is 12.0 Å². The molecule has 1 aromatic heterocycles. The number of anilines is 1. The molecule has 0 spiro atoms. The van der Waals surface area contributed by atoms with Gasteiger partial charge in [-0.05, 0) is 55.7 Å². The average molecular weight is 567 g/mol. The number of thiophene rings is 1. The highest BCUT2D eigenvalue weighted by Crippen LogP contribution is 2.42. The van der Waals surface area contributed by atoms with E-state index in [1.807, 2.05) is 13.8 Å². The molecule has 8 nitrogen and oxygen atoms in total. The minimum Gasteiger partial charge on any atom is -0.461 e. The summed E-state index contributed by atoms with van der Waals surface area (Å²) in [5, 5.41) is 5.33. The number of hydrogen-bond donors (Lipinski definition) is 4. The van der Waals surface area contributed by atoms with Crippen molar-refractivity contribution >= 4 is 40.3 Å². The molecule has 1 aliphatic carbocycles. The molecule has 212 valence electrons. The number of carbonyl (C=O) groups excluding carboxylic acids is 3. The number of amides is 3. The van der Waals surface area contributed by atoms with Gasteiger partial charge in [0.25, 0.3) is 5.91 Å². The number of benzene rings is 1. The van der Waals surface area contributed by atoms with Gasteiger partial charge in [0, 0.05) is 17.0 Å². The second kappa shape index (κ2) is 13.1. The Morgan fingerprint density at radius 2 is 1.85 bits per heavy atom. The van der Waals surface area contributed by atoms with Crippen LogP contribution in [-0.4, -0.2) is 36.6 Å². The summed E-state index contributed by atoms with van der Waals surface area (Å²) in [6, 6.07) is 3.51. The molecule has 0 saturated heterocycles. The van der Waals surface area contributed by atoms with Crippen molar-refractivity contribution in [1.29, 1.82) is 0 Å². The van der Waals surface area contributed by atoms with Gasteiger partial charge in [0.05, 0.1) is 11.1 Å². The Morgan fingerprint density at radius 1 is 1.15 bits per heavy atom. The van der Waals surface area contributed by atoms with Crippen LogP contribution in [0.25, 0.3) is 16.5 Å². The predicted octanol–water partition coefficient (Wildman–Crippen LogP) is 5.53. The van der Waals surface area contributed by atoms with Crippen LogP contribution in [0.5, 0.6) is 0 Å². The molecule has 0 unspecified atom stereocenters. The summed E-state index contributed by atoms with van der Waals surface area (Å²) < 4.78 is 47.6. The molecule has 3 amide bonds. The van der Waals surface area contributed by atoms with Crippen molar-refractivity contribution in [2.24, 2.45) is 17.4 Å². The van der Waals surface area contributed by atoms with E-state index in [9.17, 15) is 27.6 Å². The smallest absolute Gasteiger partial charge is 0.417 e. The van der Waals surface area contributed by atoms with Gasteiger partial charge in [-0.15, -0.1) is 11.3 Å². The van der Waals surface area contributed by atoms with Crippen molar-refractivity contribution in [3.05, 3.63) is 47.0 Å². The van der Waals surface area contributed by atoms with Gasteiger partial charge < -0.3 is 21.5 Å². The molecule has 12 heteroatoms. The Labute approximate surface area is 229 Å². The van der Waals surface area contributed by atoms with Crippen molar-refractivity contribution in [1.82, 2.24) is 5.32 Å². The fourth-order valence-corrected chi connectivity index (χ4v) is 5.52. The SMILES string of the molecule is CC(C)C[C@H](NC/C=C/c1ccc(-c2cc(C(N)=O)c(NC(N)=O)s2)c(C(F)(F)F)c1)C(=O)OC1CCCC1. The van der Waals surface area contributed by atoms with Gasteiger partial charge in [-0.1, -0.05) is 38.1 Å². The van der Waals surface area contributed by atoms with Crippen molar-refractivity contribution in [2.45, 2.75) is 64.3 Å². The van der Waals surface area contributed by atoms with Gasteiger partial charge in [0.1, 0.15) is 17.1 Å². The molecule has 6 N–H and O–H groups in total. The number of nitrogens with two attached hydrogens (primary N) is 2. The zero-order chi connectivity index (χ0) is 28.7. The summed E-state index contributed by atoms with van der Waals surface area (Å²) in [7, 11) is 0. The molecule has 0 radical (unpaired) electrons. The number of esters is 1. The maximum absolute atomic E-state index is 14.0. The van der Waals surface area contributed by atoms with E-state index < -0.39 is 29.7 Å². The fourth-order valence-electron chi connectivity index (χ4n) is 4.42. The number of carbonyl (C=O) groups is 3. The molecular formula is C27H33F3N4O4S. The molecule has 0 bridgehead atoms. The maximum atomic E-state index is 14.0. The summed E-state index contributed by atoms with van der Waals surface area (Å²) in [6.45, 7) is 4.26. The van der Waals surface area contributed by atoms with Crippen LogP contribution in [0.2, 0.25) is 0 Å². The van der Waals surface area contributed by atoms with E-state index in [-0.39, 0.29) is 45.5 Å². The normalized spacial score (nSPS) is 15.1. The van der Waals surface area contributed by atoms with E-state index in [2.05, 4.69) is 10.6 Å². The topological polar surface area (TPSA) is 137 Å².